The van der Waals surface area contributed by atoms with E-state index in [9.17, 15) is 9.59 Å². The van der Waals surface area contributed by atoms with Crippen molar-refractivity contribution in [3.05, 3.63) is 29.3 Å². The Morgan fingerprint density at radius 1 is 1.26 bits per heavy atom. The summed E-state index contributed by atoms with van der Waals surface area (Å²) < 4.78 is 0. The van der Waals surface area contributed by atoms with Gasteiger partial charge in [-0.05, 0) is 43.0 Å². The van der Waals surface area contributed by atoms with Gasteiger partial charge in [-0.1, -0.05) is 18.5 Å². The molecule has 1 N–H and O–H groups in total. The molecule has 3 amide bonds. The lowest BCUT2D eigenvalue weighted by molar-refractivity contribution is -0.117. The number of nitrogens with zero attached hydrogens (tertiary/aromatic N) is 2. The largest absolute Gasteiger partial charge is 0.333 e. The topological polar surface area (TPSA) is 52.7 Å². The van der Waals surface area contributed by atoms with E-state index in [0.717, 1.165) is 25.2 Å². The second-order valence-corrected chi connectivity index (χ2v) is 6.96. The third kappa shape index (κ3) is 3.78. The second-order valence-electron chi connectivity index (χ2n) is 6.52. The summed E-state index contributed by atoms with van der Waals surface area (Å²) in [7, 11) is 0. The maximum absolute atomic E-state index is 12.4. The molecule has 3 rings (SSSR count). The lowest BCUT2D eigenvalue weighted by Crippen LogP contribution is -2.49. The van der Waals surface area contributed by atoms with Gasteiger partial charge in [0.2, 0.25) is 5.91 Å². The molecular formula is C17H22ClN3O2. The fourth-order valence-electron chi connectivity index (χ4n) is 3.31. The lowest BCUT2D eigenvalue weighted by atomic mass is 10.0. The van der Waals surface area contributed by atoms with Gasteiger partial charge in [-0.15, -0.1) is 0 Å². The Morgan fingerprint density at radius 2 is 2.00 bits per heavy atom. The highest BCUT2D eigenvalue weighted by molar-refractivity contribution is 6.30. The van der Waals surface area contributed by atoms with Crippen molar-refractivity contribution in [2.75, 3.05) is 24.5 Å². The van der Waals surface area contributed by atoms with Crippen molar-refractivity contribution in [1.29, 1.82) is 0 Å². The molecule has 2 saturated heterocycles. The first-order valence-electron chi connectivity index (χ1n) is 8.14. The molecule has 2 aliphatic rings. The molecule has 0 radical (unpaired) electrons. The Morgan fingerprint density at radius 3 is 2.70 bits per heavy atom. The minimum absolute atomic E-state index is 0.0321. The molecule has 0 unspecified atom stereocenters. The Hall–Kier alpha value is -1.75. The standard InChI is InChI=1S/C17H22ClN3O2/c1-12-3-2-8-20(10-12)17(23)19-14-9-16(22)21(11-14)15-6-4-13(18)5-7-15/h4-7,12,14H,2-3,8-11H2,1H3,(H,19,23)/t12-,14+/m0/s1. The first-order valence-corrected chi connectivity index (χ1v) is 8.52. The number of amides is 3. The molecule has 2 heterocycles. The minimum atomic E-state index is -0.136. The van der Waals surface area contributed by atoms with Gasteiger partial charge in [-0.25, -0.2) is 4.79 Å². The smallest absolute Gasteiger partial charge is 0.317 e. The Balaban J connectivity index is 1.59. The van der Waals surface area contributed by atoms with Crippen LogP contribution in [0.2, 0.25) is 5.02 Å². The molecule has 0 saturated carbocycles. The number of carbonyl (C=O) groups is 2. The average Bonchev–Trinajstić information content (AvgIpc) is 2.88. The lowest BCUT2D eigenvalue weighted by Gasteiger charge is -2.31. The molecule has 0 aliphatic carbocycles. The van der Waals surface area contributed by atoms with Crippen LogP contribution >= 0.6 is 11.6 Å². The SMILES string of the molecule is C[C@H]1CCCN(C(=O)N[C@@H]2CC(=O)N(c3ccc(Cl)cc3)C2)C1. The van der Waals surface area contributed by atoms with E-state index in [1.165, 1.54) is 6.42 Å². The summed E-state index contributed by atoms with van der Waals surface area (Å²) in [5.41, 5.74) is 0.822. The summed E-state index contributed by atoms with van der Waals surface area (Å²) in [4.78, 5) is 28.1. The average molecular weight is 336 g/mol. The second kappa shape index (κ2) is 6.79. The van der Waals surface area contributed by atoms with Gasteiger partial charge in [0.15, 0.2) is 0 Å². The van der Waals surface area contributed by atoms with Crippen LogP contribution in [-0.4, -0.2) is 42.5 Å². The van der Waals surface area contributed by atoms with Crippen LogP contribution in [0.4, 0.5) is 10.5 Å². The number of urea groups is 1. The van der Waals surface area contributed by atoms with Gasteiger partial charge in [0, 0.05) is 36.8 Å². The Kier molecular flexibility index (Phi) is 4.76. The zero-order valence-electron chi connectivity index (χ0n) is 13.3. The van der Waals surface area contributed by atoms with E-state index in [4.69, 9.17) is 11.6 Å². The van der Waals surface area contributed by atoms with Crippen molar-refractivity contribution < 1.29 is 9.59 Å². The number of hydrogen-bond acceptors (Lipinski definition) is 2. The normalized spacial score (nSPS) is 24.9. The number of likely N-dealkylation sites (tertiary alicyclic amines) is 1. The van der Waals surface area contributed by atoms with Gasteiger partial charge in [0.25, 0.3) is 0 Å². The van der Waals surface area contributed by atoms with Crippen LogP contribution in [0.15, 0.2) is 24.3 Å². The third-order valence-electron chi connectivity index (χ3n) is 4.54. The molecule has 2 aliphatic heterocycles. The highest BCUT2D eigenvalue weighted by atomic mass is 35.5. The summed E-state index contributed by atoms with van der Waals surface area (Å²) >= 11 is 5.88. The van der Waals surface area contributed by atoms with Crippen LogP contribution in [0.5, 0.6) is 0 Å². The number of benzene rings is 1. The molecule has 23 heavy (non-hydrogen) atoms. The van der Waals surface area contributed by atoms with Gasteiger partial charge in [0.1, 0.15) is 0 Å². The van der Waals surface area contributed by atoms with Crippen molar-refractivity contribution >= 4 is 29.2 Å². The van der Waals surface area contributed by atoms with Crippen LogP contribution in [0, 0.1) is 5.92 Å². The summed E-state index contributed by atoms with van der Waals surface area (Å²) in [6, 6.07) is 7.01. The molecule has 0 aromatic heterocycles. The number of halogens is 1. The van der Waals surface area contributed by atoms with Crippen LogP contribution < -0.4 is 10.2 Å². The van der Waals surface area contributed by atoms with Crippen molar-refractivity contribution in [3.8, 4) is 0 Å². The van der Waals surface area contributed by atoms with Gasteiger partial charge in [-0.2, -0.15) is 0 Å². The predicted molar refractivity (Wildman–Crippen MR) is 90.7 cm³/mol. The van der Waals surface area contributed by atoms with Crippen LogP contribution in [0.1, 0.15) is 26.2 Å². The number of hydrogen-bond donors (Lipinski definition) is 1. The fourth-order valence-corrected chi connectivity index (χ4v) is 3.44. The summed E-state index contributed by atoms with van der Waals surface area (Å²) in [5, 5.41) is 3.65. The third-order valence-corrected chi connectivity index (χ3v) is 4.79. The molecule has 0 spiro atoms. The zero-order valence-corrected chi connectivity index (χ0v) is 14.1. The number of piperidine rings is 1. The van der Waals surface area contributed by atoms with Gasteiger partial charge < -0.3 is 15.1 Å². The molecule has 2 fully saturated rings. The highest BCUT2D eigenvalue weighted by Gasteiger charge is 2.33. The summed E-state index contributed by atoms with van der Waals surface area (Å²) in [5.74, 6) is 0.579. The Bertz CT molecular complexity index is 590. The Labute approximate surface area is 141 Å². The first kappa shape index (κ1) is 16.1. The summed E-state index contributed by atoms with van der Waals surface area (Å²) in [6.45, 7) is 4.28. The van der Waals surface area contributed by atoms with Gasteiger partial charge in [-0.3, -0.25) is 4.79 Å². The highest BCUT2D eigenvalue weighted by Crippen LogP contribution is 2.23. The maximum atomic E-state index is 12.4. The number of carbonyl (C=O) groups excluding carboxylic acids is 2. The molecule has 0 bridgehead atoms. The zero-order chi connectivity index (χ0) is 16.4. The maximum Gasteiger partial charge on any atom is 0.317 e. The molecule has 1 aromatic rings. The number of anilines is 1. The minimum Gasteiger partial charge on any atom is -0.333 e. The van der Waals surface area contributed by atoms with Crippen LogP contribution in [0.25, 0.3) is 0 Å². The van der Waals surface area contributed by atoms with E-state index in [-0.39, 0.29) is 18.0 Å². The fraction of sp³-hybridized carbons (Fsp3) is 0.529. The number of rotatable bonds is 2. The van der Waals surface area contributed by atoms with Crippen molar-refractivity contribution in [1.82, 2.24) is 10.2 Å². The predicted octanol–water partition coefficient (Wildman–Crippen LogP) is 2.89. The monoisotopic (exact) mass is 335 g/mol. The van der Waals surface area contributed by atoms with Gasteiger partial charge in [0.05, 0.1) is 6.04 Å². The van der Waals surface area contributed by atoms with E-state index in [2.05, 4.69) is 12.2 Å². The van der Waals surface area contributed by atoms with Crippen molar-refractivity contribution in [3.63, 3.8) is 0 Å². The van der Waals surface area contributed by atoms with Crippen LogP contribution in [0.3, 0.4) is 0 Å². The number of nitrogens with one attached hydrogen (secondary N) is 1. The van der Waals surface area contributed by atoms with E-state index in [0.29, 0.717) is 23.9 Å². The molecule has 2 atom stereocenters. The van der Waals surface area contributed by atoms with Crippen molar-refractivity contribution in [2.24, 2.45) is 5.92 Å². The van der Waals surface area contributed by atoms with E-state index in [1.54, 1.807) is 17.0 Å². The van der Waals surface area contributed by atoms with E-state index < -0.39 is 0 Å². The molecule has 6 heteroatoms. The van der Waals surface area contributed by atoms with Gasteiger partial charge >= 0.3 is 6.03 Å². The van der Waals surface area contributed by atoms with E-state index >= 15 is 0 Å². The quantitative estimate of drug-likeness (QED) is 0.903. The molecule has 5 nitrogen and oxygen atoms in total. The molecular weight excluding hydrogens is 314 g/mol. The summed E-state index contributed by atoms with van der Waals surface area (Å²) in [6.07, 6.45) is 2.57. The van der Waals surface area contributed by atoms with Crippen LogP contribution in [-0.2, 0) is 4.79 Å². The molecule has 1 aromatic carbocycles. The first-order chi connectivity index (χ1) is 11.0. The van der Waals surface area contributed by atoms with E-state index in [1.807, 2.05) is 17.0 Å². The van der Waals surface area contributed by atoms with Crippen molar-refractivity contribution in [2.45, 2.75) is 32.2 Å². The molecule has 124 valence electrons.